The topological polar surface area (TPSA) is 12.0 Å². The molecule has 1 N–H and O–H groups in total. The van der Waals surface area contributed by atoms with Gasteiger partial charge in [-0.15, -0.1) is 0 Å². The summed E-state index contributed by atoms with van der Waals surface area (Å²) >= 11 is 0. The SMILES string of the molecule is CNC(c1ccc(C(F)F)cc1)C(F)F. The number of nitrogens with one attached hydrogen (secondary N) is 1. The molecule has 1 nitrogen and oxygen atoms in total. The second kappa shape index (κ2) is 5.11. The second-order valence-electron chi connectivity index (χ2n) is 3.07. The minimum atomic E-state index is -2.57. The van der Waals surface area contributed by atoms with Crippen LogP contribution in [-0.4, -0.2) is 13.5 Å². The average molecular weight is 221 g/mol. The van der Waals surface area contributed by atoms with Gasteiger partial charge >= 0.3 is 0 Å². The molecule has 0 saturated carbocycles. The Labute approximate surface area is 85.1 Å². The van der Waals surface area contributed by atoms with Gasteiger partial charge in [-0.25, -0.2) is 17.6 Å². The summed E-state index contributed by atoms with van der Waals surface area (Å²) in [4.78, 5) is 0. The predicted octanol–water partition coefficient (Wildman–Crippen LogP) is 3.15. The van der Waals surface area contributed by atoms with E-state index in [1.807, 2.05) is 0 Å². The molecule has 0 spiro atoms. The standard InChI is InChI=1S/C10H11F4N/c1-15-8(10(13)14)6-2-4-7(5-3-6)9(11)12/h2-5,8-10,15H,1H3. The predicted molar refractivity (Wildman–Crippen MR) is 49.2 cm³/mol. The zero-order valence-electron chi connectivity index (χ0n) is 8.05. The third-order valence-electron chi connectivity index (χ3n) is 2.11. The van der Waals surface area contributed by atoms with Crippen LogP contribution in [0.4, 0.5) is 17.6 Å². The fourth-order valence-corrected chi connectivity index (χ4v) is 1.29. The Morgan fingerprint density at radius 1 is 0.933 bits per heavy atom. The number of rotatable bonds is 4. The van der Waals surface area contributed by atoms with Gasteiger partial charge in [0.1, 0.15) is 0 Å². The molecule has 15 heavy (non-hydrogen) atoms. The molecule has 84 valence electrons. The number of halogens is 4. The Morgan fingerprint density at radius 3 is 1.73 bits per heavy atom. The van der Waals surface area contributed by atoms with E-state index in [1.165, 1.54) is 19.2 Å². The van der Waals surface area contributed by atoms with Crippen molar-refractivity contribution in [3.8, 4) is 0 Å². The van der Waals surface area contributed by atoms with Crippen molar-refractivity contribution in [1.29, 1.82) is 0 Å². The smallest absolute Gasteiger partial charge is 0.263 e. The van der Waals surface area contributed by atoms with Gasteiger partial charge in [0.05, 0.1) is 6.04 Å². The molecule has 0 aliphatic heterocycles. The van der Waals surface area contributed by atoms with Crippen LogP contribution in [0, 0.1) is 0 Å². The van der Waals surface area contributed by atoms with Gasteiger partial charge < -0.3 is 5.32 Å². The molecule has 1 unspecified atom stereocenters. The molecule has 1 rings (SSSR count). The van der Waals surface area contributed by atoms with E-state index >= 15 is 0 Å². The minimum Gasteiger partial charge on any atom is -0.308 e. The van der Waals surface area contributed by atoms with Gasteiger partial charge in [0, 0.05) is 5.56 Å². The van der Waals surface area contributed by atoms with E-state index in [-0.39, 0.29) is 5.56 Å². The Balaban J connectivity index is 2.87. The monoisotopic (exact) mass is 221 g/mol. The van der Waals surface area contributed by atoms with Crippen LogP contribution in [0.5, 0.6) is 0 Å². The number of benzene rings is 1. The lowest BCUT2D eigenvalue weighted by atomic mass is 10.1. The van der Waals surface area contributed by atoms with Crippen LogP contribution in [0.2, 0.25) is 0 Å². The van der Waals surface area contributed by atoms with Crippen LogP contribution in [0.15, 0.2) is 24.3 Å². The lowest BCUT2D eigenvalue weighted by molar-refractivity contribution is 0.102. The average Bonchev–Trinajstić information content (AvgIpc) is 2.19. The van der Waals surface area contributed by atoms with Crippen LogP contribution in [0.3, 0.4) is 0 Å². The molecule has 0 aliphatic rings. The first-order valence-corrected chi connectivity index (χ1v) is 4.39. The Morgan fingerprint density at radius 2 is 1.40 bits per heavy atom. The first kappa shape index (κ1) is 12.0. The molecule has 0 fully saturated rings. The molecule has 5 heteroatoms. The number of alkyl halides is 4. The molecule has 0 heterocycles. The van der Waals surface area contributed by atoms with Crippen LogP contribution in [0.25, 0.3) is 0 Å². The molecule has 0 bridgehead atoms. The van der Waals surface area contributed by atoms with Gasteiger partial charge in [0.25, 0.3) is 12.9 Å². The summed E-state index contributed by atoms with van der Waals surface area (Å²) < 4.78 is 49.2. The Kier molecular flexibility index (Phi) is 4.08. The van der Waals surface area contributed by atoms with Crippen LogP contribution in [-0.2, 0) is 0 Å². The quantitative estimate of drug-likeness (QED) is 0.770. The highest BCUT2D eigenvalue weighted by Crippen LogP contribution is 2.24. The van der Waals surface area contributed by atoms with Crippen LogP contribution in [0.1, 0.15) is 23.6 Å². The fraction of sp³-hybridized carbons (Fsp3) is 0.400. The van der Waals surface area contributed by atoms with Crippen molar-refractivity contribution < 1.29 is 17.6 Å². The third-order valence-corrected chi connectivity index (χ3v) is 2.11. The zero-order valence-corrected chi connectivity index (χ0v) is 8.05. The third kappa shape index (κ3) is 2.92. The van der Waals surface area contributed by atoms with Crippen molar-refractivity contribution in [3.05, 3.63) is 35.4 Å². The fourth-order valence-electron chi connectivity index (χ4n) is 1.29. The molecule has 0 radical (unpaired) electrons. The molecular formula is C10H11F4N. The van der Waals surface area contributed by atoms with Gasteiger partial charge in [0.15, 0.2) is 0 Å². The molecule has 1 aromatic carbocycles. The Hall–Kier alpha value is -1.10. The van der Waals surface area contributed by atoms with E-state index in [0.717, 1.165) is 12.1 Å². The zero-order chi connectivity index (χ0) is 11.4. The normalized spacial score (nSPS) is 13.5. The second-order valence-corrected chi connectivity index (χ2v) is 3.07. The highest BCUT2D eigenvalue weighted by atomic mass is 19.3. The maximum atomic E-state index is 12.4. The van der Waals surface area contributed by atoms with E-state index in [0.29, 0.717) is 5.56 Å². The summed E-state index contributed by atoms with van der Waals surface area (Å²) in [5.74, 6) is 0. The van der Waals surface area contributed by atoms with Gasteiger partial charge in [-0.2, -0.15) is 0 Å². The van der Waals surface area contributed by atoms with Gasteiger partial charge in [-0.1, -0.05) is 24.3 Å². The lowest BCUT2D eigenvalue weighted by Gasteiger charge is -2.15. The van der Waals surface area contributed by atoms with E-state index in [9.17, 15) is 17.6 Å². The van der Waals surface area contributed by atoms with Gasteiger partial charge in [-0.3, -0.25) is 0 Å². The van der Waals surface area contributed by atoms with Crippen molar-refractivity contribution in [3.63, 3.8) is 0 Å². The van der Waals surface area contributed by atoms with Crippen molar-refractivity contribution in [2.45, 2.75) is 18.9 Å². The first-order chi connectivity index (χ1) is 7.06. The van der Waals surface area contributed by atoms with Crippen LogP contribution < -0.4 is 5.32 Å². The van der Waals surface area contributed by atoms with Crippen molar-refractivity contribution in [2.24, 2.45) is 0 Å². The van der Waals surface area contributed by atoms with Crippen molar-refractivity contribution in [2.75, 3.05) is 7.05 Å². The molecule has 0 aromatic heterocycles. The summed E-state index contributed by atoms with van der Waals surface area (Å²) in [5.41, 5.74) is 0.139. The van der Waals surface area contributed by atoms with E-state index in [1.54, 1.807) is 0 Å². The molecular weight excluding hydrogens is 210 g/mol. The lowest BCUT2D eigenvalue weighted by Crippen LogP contribution is -2.23. The highest BCUT2D eigenvalue weighted by molar-refractivity contribution is 5.26. The molecule has 1 atom stereocenters. The summed E-state index contributed by atoms with van der Waals surface area (Å²) in [5, 5.41) is 2.43. The Bertz CT molecular complexity index is 297. The summed E-state index contributed by atoms with van der Waals surface area (Å²) in [6.07, 6.45) is -5.13. The van der Waals surface area contributed by atoms with Crippen molar-refractivity contribution >= 4 is 0 Å². The van der Waals surface area contributed by atoms with E-state index in [2.05, 4.69) is 5.32 Å². The largest absolute Gasteiger partial charge is 0.308 e. The maximum Gasteiger partial charge on any atom is 0.263 e. The number of hydrogen-bond donors (Lipinski definition) is 1. The summed E-state index contributed by atoms with van der Waals surface area (Å²) in [6, 6.07) is 3.78. The van der Waals surface area contributed by atoms with Crippen molar-refractivity contribution in [1.82, 2.24) is 5.32 Å². The highest BCUT2D eigenvalue weighted by Gasteiger charge is 2.20. The summed E-state index contributed by atoms with van der Waals surface area (Å²) in [7, 11) is 1.40. The number of hydrogen-bond acceptors (Lipinski definition) is 1. The maximum absolute atomic E-state index is 12.4. The molecule has 1 aromatic rings. The van der Waals surface area contributed by atoms with Gasteiger partial charge in [0.2, 0.25) is 0 Å². The molecule has 0 aliphatic carbocycles. The van der Waals surface area contributed by atoms with E-state index < -0.39 is 18.9 Å². The summed E-state index contributed by atoms with van der Waals surface area (Å²) in [6.45, 7) is 0. The van der Waals surface area contributed by atoms with Crippen LogP contribution >= 0.6 is 0 Å². The molecule has 0 amide bonds. The molecule has 0 saturated heterocycles. The minimum absolute atomic E-state index is 0.164. The first-order valence-electron chi connectivity index (χ1n) is 4.39. The van der Waals surface area contributed by atoms with Gasteiger partial charge in [-0.05, 0) is 12.6 Å². The van der Waals surface area contributed by atoms with E-state index in [4.69, 9.17) is 0 Å².